The number of halogens is 2. The highest BCUT2D eigenvalue weighted by atomic mass is 127. The van der Waals surface area contributed by atoms with E-state index in [0.717, 1.165) is 23.6 Å². The lowest BCUT2D eigenvalue weighted by Gasteiger charge is -2.01. The summed E-state index contributed by atoms with van der Waals surface area (Å²) < 4.78 is 6.95. The maximum atomic E-state index is 11.1. The summed E-state index contributed by atoms with van der Waals surface area (Å²) in [4.78, 5) is 11.1. The number of esters is 1. The minimum absolute atomic E-state index is 0.0967. The van der Waals surface area contributed by atoms with Crippen LogP contribution in [0.1, 0.15) is 31.7 Å². The van der Waals surface area contributed by atoms with Crippen LogP contribution in [0, 0.1) is 2.88 Å². The van der Waals surface area contributed by atoms with Gasteiger partial charge in [-0.2, -0.15) is 0 Å². The van der Waals surface area contributed by atoms with E-state index in [0.29, 0.717) is 13.0 Å². The van der Waals surface area contributed by atoms with Gasteiger partial charge in [0.15, 0.2) is 0 Å². The van der Waals surface area contributed by atoms with E-state index in [1.54, 1.807) is 11.3 Å². The summed E-state index contributed by atoms with van der Waals surface area (Å²) in [5, 5.41) is 0. The Bertz CT molecular complexity index is 352. The van der Waals surface area contributed by atoms with Crippen molar-refractivity contribution in [1.29, 1.82) is 0 Å². The third-order valence-corrected chi connectivity index (χ3v) is 4.56. The molecule has 16 heavy (non-hydrogen) atoms. The number of hydrogen-bond acceptors (Lipinski definition) is 3. The summed E-state index contributed by atoms with van der Waals surface area (Å²) in [6.45, 7) is 2.30. The summed E-state index contributed by atoms with van der Waals surface area (Å²) in [5.41, 5.74) is 1.29. The molecule has 0 radical (unpaired) electrons. The third kappa shape index (κ3) is 5.01. The molecule has 0 saturated carbocycles. The number of thiophene rings is 1. The lowest BCUT2D eigenvalue weighted by atomic mass is 10.1. The smallest absolute Gasteiger partial charge is 0.305 e. The molecule has 1 aromatic rings. The molecule has 90 valence electrons. The molecule has 0 atom stereocenters. The maximum absolute atomic E-state index is 11.1. The van der Waals surface area contributed by atoms with Crippen molar-refractivity contribution in [3.63, 3.8) is 0 Å². The SMILES string of the molecule is CCOC(=O)CCCCc1cc(Cl)sc1I. The molecular weight excluding hydrogens is 359 g/mol. The second-order valence-corrected chi connectivity index (χ2v) is 6.86. The maximum Gasteiger partial charge on any atom is 0.305 e. The van der Waals surface area contributed by atoms with E-state index in [4.69, 9.17) is 16.3 Å². The van der Waals surface area contributed by atoms with Crippen LogP contribution in [0.5, 0.6) is 0 Å². The molecule has 2 nitrogen and oxygen atoms in total. The van der Waals surface area contributed by atoms with Gasteiger partial charge in [-0.05, 0) is 60.4 Å². The van der Waals surface area contributed by atoms with Crippen LogP contribution in [0.3, 0.4) is 0 Å². The molecular formula is C11H14ClIO2S. The molecule has 0 N–H and O–H groups in total. The Balaban J connectivity index is 2.21. The van der Waals surface area contributed by atoms with E-state index < -0.39 is 0 Å². The van der Waals surface area contributed by atoms with E-state index in [2.05, 4.69) is 22.6 Å². The fourth-order valence-electron chi connectivity index (χ4n) is 1.36. The zero-order valence-corrected chi connectivity index (χ0v) is 12.8. The van der Waals surface area contributed by atoms with Crippen LogP contribution in [0.2, 0.25) is 4.34 Å². The van der Waals surface area contributed by atoms with Crippen LogP contribution < -0.4 is 0 Å². The predicted octanol–water partition coefficient (Wildman–Crippen LogP) is 4.28. The Kier molecular flexibility index (Phi) is 6.68. The molecule has 0 aliphatic heterocycles. The van der Waals surface area contributed by atoms with Crippen molar-refractivity contribution in [3.8, 4) is 0 Å². The molecule has 0 unspecified atom stereocenters. The Morgan fingerprint density at radius 3 is 2.88 bits per heavy atom. The molecule has 0 bridgehead atoms. The van der Waals surface area contributed by atoms with Crippen LogP contribution in [-0.4, -0.2) is 12.6 Å². The van der Waals surface area contributed by atoms with E-state index >= 15 is 0 Å². The number of carbonyl (C=O) groups excluding carboxylic acids is 1. The second kappa shape index (κ2) is 7.50. The largest absolute Gasteiger partial charge is 0.466 e. The first-order valence-corrected chi connectivity index (χ1v) is 7.50. The third-order valence-electron chi connectivity index (χ3n) is 2.11. The normalized spacial score (nSPS) is 10.4. The van der Waals surface area contributed by atoms with Gasteiger partial charge < -0.3 is 4.74 Å². The number of carbonyl (C=O) groups is 1. The molecule has 0 saturated heterocycles. The fourth-order valence-corrected chi connectivity index (χ4v) is 3.92. The fraction of sp³-hybridized carbons (Fsp3) is 0.545. The highest BCUT2D eigenvalue weighted by Gasteiger charge is 2.06. The van der Waals surface area contributed by atoms with Crippen LogP contribution in [0.4, 0.5) is 0 Å². The van der Waals surface area contributed by atoms with Crippen molar-refractivity contribution in [1.82, 2.24) is 0 Å². The van der Waals surface area contributed by atoms with E-state index in [9.17, 15) is 4.79 Å². The van der Waals surface area contributed by atoms with Crippen molar-refractivity contribution in [2.45, 2.75) is 32.6 Å². The van der Waals surface area contributed by atoms with Gasteiger partial charge in [-0.3, -0.25) is 4.79 Å². The van der Waals surface area contributed by atoms with Gasteiger partial charge in [-0.15, -0.1) is 11.3 Å². The zero-order chi connectivity index (χ0) is 12.0. The standard InChI is InChI=1S/C11H14ClIO2S/c1-2-15-10(14)6-4-3-5-8-7-9(12)16-11(8)13/h7H,2-6H2,1H3. The molecule has 0 spiro atoms. The van der Waals surface area contributed by atoms with Crippen molar-refractivity contribution in [3.05, 3.63) is 18.9 Å². The Labute approximate surface area is 118 Å². The van der Waals surface area contributed by atoms with Crippen LogP contribution in [0.25, 0.3) is 0 Å². The summed E-state index contributed by atoms with van der Waals surface area (Å²) in [6.07, 6.45) is 3.38. The zero-order valence-electron chi connectivity index (χ0n) is 9.09. The first kappa shape index (κ1) is 14.3. The minimum Gasteiger partial charge on any atom is -0.466 e. The molecule has 1 heterocycles. The molecule has 0 aliphatic carbocycles. The van der Waals surface area contributed by atoms with Gasteiger partial charge in [0, 0.05) is 6.42 Å². The molecule has 5 heteroatoms. The van der Waals surface area contributed by atoms with Gasteiger partial charge in [0.05, 0.1) is 13.8 Å². The van der Waals surface area contributed by atoms with E-state index in [1.807, 2.05) is 13.0 Å². The Hall–Kier alpha value is 0.190. The molecule has 0 amide bonds. The van der Waals surface area contributed by atoms with Crippen LogP contribution in [0.15, 0.2) is 6.07 Å². The molecule has 0 fully saturated rings. The highest BCUT2D eigenvalue weighted by Crippen LogP contribution is 2.29. The lowest BCUT2D eigenvalue weighted by Crippen LogP contribution is -2.03. The summed E-state index contributed by atoms with van der Waals surface area (Å²) in [5.74, 6) is -0.0967. The first-order chi connectivity index (χ1) is 7.63. The average Bonchev–Trinajstić information content (AvgIpc) is 2.53. The van der Waals surface area contributed by atoms with Gasteiger partial charge in [0.1, 0.15) is 0 Å². The molecule has 1 rings (SSSR count). The summed E-state index contributed by atoms with van der Waals surface area (Å²) in [6, 6.07) is 2.01. The van der Waals surface area contributed by atoms with Gasteiger partial charge in [-0.25, -0.2) is 0 Å². The average molecular weight is 373 g/mol. The van der Waals surface area contributed by atoms with Crippen molar-refractivity contribution < 1.29 is 9.53 Å². The number of hydrogen-bond donors (Lipinski definition) is 0. The molecule has 0 aromatic carbocycles. The quantitative estimate of drug-likeness (QED) is 0.423. The van der Waals surface area contributed by atoms with Crippen LogP contribution >= 0.6 is 45.5 Å². The van der Waals surface area contributed by atoms with Gasteiger partial charge in [0.2, 0.25) is 0 Å². The van der Waals surface area contributed by atoms with E-state index in [1.165, 1.54) is 8.45 Å². The lowest BCUT2D eigenvalue weighted by molar-refractivity contribution is -0.143. The predicted molar refractivity (Wildman–Crippen MR) is 76.2 cm³/mol. The van der Waals surface area contributed by atoms with Crippen LogP contribution in [-0.2, 0) is 16.0 Å². The summed E-state index contributed by atoms with van der Waals surface area (Å²) >= 11 is 9.81. The topological polar surface area (TPSA) is 26.3 Å². The number of unbranched alkanes of at least 4 members (excludes halogenated alkanes) is 1. The highest BCUT2D eigenvalue weighted by molar-refractivity contribution is 14.1. The Morgan fingerprint density at radius 1 is 1.56 bits per heavy atom. The number of rotatable bonds is 6. The second-order valence-electron chi connectivity index (χ2n) is 3.36. The summed E-state index contributed by atoms with van der Waals surface area (Å²) in [7, 11) is 0. The van der Waals surface area contributed by atoms with Crippen molar-refractivity contribution >= 4 is 51.5 Å². The molecule has 1 aromatic heterocycles. The molecule has 0 aliphatic rings. The first-order valence-electron chi connectivity index (χ1n) is 5.22. The Morgan fingerprint density at radius 2 is 2.31 bits per heavy atom. The van der Waals surface area contributed by atoms with Crippen molar-refractivity contribution in [2.24, 2.45) is 0 Å². The van der Waals surface area contributed by atoms with Gasteiger partial charge in [-0.1, -0.05) is 11.6 Å². The number of ether oxygens (including phenoxy) is 1. The van der Waals surface area contributed by atoms with Gasteiger partial charge in [0.25, 0.3) is 0 Å². The number of aryl methyl sites for hydroxylation is 1. The van der Waals surface area contributed by atoms with Crippen molar-refractivity contribution in [2.75, 3.05) is 6.61 Å². The minimum atomic E-state index is -0.0967. The van der Waals surface area contributed by atoms with Gasteiger partial charge >= 0.3 is 5.97 Å². The van der Waals surface area contributed by atoms with E-state index in [-0.39, 0.29) is 5.97 Å². The monoisotopic (exact) mass is 372 g/mol.